The van der Waals surface area contributed by atoms with Gasteiger partial charge in [-0.05, 0) is 31.0 Å². The van der Waals surface area contributed by atoms with Gasteiger partial charge in [0.05, 0.1) is 12.6 Å². The molecule has 5 nitrogen and oxygen atoms in total. The Morgan fingerprint density at radius 2 is 1.73 bits per heavy atom. The van der Waals surface area contributed by atoms with E-state index in [-0.39, 0.29) is 18.5 Å². The molecule has 1 unspecified atom stereocenters. The van der Waals surface area contributed by atoms with Gasteiger partial charge in [-0.15, -0.1) is 0 Å². The summed E-state index contributed by atoms with van der Waals surface area (Å²) in [6.07, 6.45) is 0. The molecule has 0 fully saturated rings. The van der Waals surface area contributed by atoms with Crippen molar-refractivity contribution in [3.8, 4) is 0 Å². The van der Waals surface area contributed by atoms with Gasteiger partial charge in [0.1, 0.15) is 0 Å². The van der Waals surface area contributed by atoms with Gasteiger partial charge in [-0.1, -0.05) is 60.1 Å². The highest BCUT2D eigenvalue weighted by molar-refractivity contribution is 6.31. The van der Waals surface area contributed by atoms with Crippen LogP contribution in [0, 0.1) is 0 Å². The van der Waals surface area contributed by atoms with E-state index in [4.69, 9.17) is 11.6 Å². The minimum Gasteiger partial charge on any atom is -0.337 e. The van der Waals surface area contributed by atoms with Crippen molar-refractivity contribution in [3.63, 3.8) is 0 Å². The molecule has 0 spiro atoms. The quantitative estimate of drug-likeness (QED) is 0.776. The SMILES string of the molecule is CCN(Cc1ccccc1)C(=O)CNC(=O)NC(C)c1ccccc1Cl. The maximum absolute atomic E-state index is 12.4. The Labute approximate surface area is 159 Å². The molecule has 1 atom stereocenters. The van der Waals surface area contributed by atoms with E-state index in [2.05, 4.69) is 10.6 Å². The van der Waals surface area contributed by atoms with E-state index in [1.807, 2.05) is 62.4 Å². The van der Waals surface area contributed by atoms with Crippen molar-refractivity contribution >= 4 is 23.5 Å². The number of rotatable bonds is 7. The molecular formula is C20H24ClN3O2. The van der Waals surface area contributed by atoms with E-state index in [1.165, 1.54) is 0 Å². The van der Waals surface area contributed by atoms with Crippen LogP contribution in [0.2, 0.25) is 5.02 Å². The molecule has 2 rings (SSSR count). The molecule has 0 saturated carbocycles. The summed E-state index contributed by atoms with van der Waals surface area (Å²) >= 11 is 6.13. The smallest absolute Gasteiger partial charge is 0.315 e. The lowest BCUT2D eigenvalue weighted by Gasteiger charge is -2.22. The Hall–Kier alpha value is -2.53. The fourth-order valence-corrected chi connectivity index (χ4v) is 2.90. The maximum Gasteiger partial charge on any atom is 0.315 e. The zero-order valence-electron chi connectivity index (χ0n) is 15.0. The fraction of sp³-hybridized carbons (Fsp3) is 0.300. The van der Waals surface area contributed by atoms with Crippen LogP contribution < -0.4 is 10.6 Å². The number of amides is 3. The molecule has 0 radical (unpaired) electrons. The van der Waals surface area contributed by atoms with Crippen molar-refractivity contribution in [3.05, 3.63) is 70.7 Å². The van der Waals surface area contributed by atoms with Gasteiger partial charge in [-0.3, -0.25) is 4.79 Å². The highest BCUT2D eigenvalue weighted by Crippen LogP contribution is 2.21. The normalized spacial score (nSPS) is 11.5. The van der Waals surface area contributed by atoms with Crippen LogP contribution >= 0.6 is 11.6 Å². The van der Waals surface area contributed by atoms with Crippen LogP contribution in [0.3, 0.4) is 0 Å². The lowest BCUT2D eigenvalue weighted by molar-refractivity contribution is -0.130. The summed E-state index contributed by atoms with van der Waals surface area (Å²) in [4.78, 5) is 26.1. The largest absolute Gasteiger partial charge is 0.337 e. The first-order valence-corrected chi connectivity index (χ1v) is 8.99. The first-order chi connectivity index (χ1) is 12.5. The molecule has 3 amide bonds. The number of nitrogens with one attached hydrogen (secondary N) is 2. The summed E-state index contributed by atoms with van der Waals surface area (Å²) in [7, 11) is 0. The lowest BCUT2D eigenvalue weighted by atomic mass is 10.1. The van der Waals surface area contributed by atoms with E-state index in [0.29, 0.717) is 18.1 Å². The summed E-state index contributed by atoms with van der Waals surface area (Å²) in [6, 6.07) is 16.4. The van der Waals surface area contributed by atoms with Gasteiger partial charge in [0.25, 0.3) is 0 Å². The third-order valence-electron chi connectivity index (χ3n) is 4.07. The number of carbonyl (C=O) groups is 2. The molecule has 0 aromatic heterocycles. The Balaban J connectivity index is 1.83. The molecular weight excluding hydrogens is 350 g/mol. The van der Waals surface area contributed by atoms with Crippen LogP contribution in [0.15, 0.2) is 54.6 Å². The third-order valence-corrected chi connectivity index (χ3v) is 4.41. The molecule has 2 aromatic carbocycles. The third kappa shape index (κ3) is 5.77. The van der Waals surface area contributed by atoms with Gasteiger partial charge >= 0.3 is 6.03 Å². The van der Waals surface area contributed by atoms with Crippen LogP contribution in [-0.2, 0) is 11.3 Å². The standard InChI is InChI=1S/C20H24ClN3O2/c1-3-24(14-16-9-5-4-6-10-16)19(25)13-22-20(26)23-15(2)17-11-7-8-12-18(17)21/h4-12,15H,3,13-14H2,1-2H3,(H2,22,23,26). The Morgan fingerprint density at radius 1 is 1.08 bits per heavy atom. The van der Waals surface area contributed by atoms with Crippen molar-refractivity contribution in [2.24, 2.45) is 0 Å². The average Bonchev–Trinajstić information content (AvgIpc) is 2.65. The molecule has 0 saturated heterocycles. The minimum absolute atomic E-state index is 0.0538. The summed E-state index contributed by atoms with van der Waals surface area (Å²) in [5, 5.41) is 6.01. The Bertz CT molecular complexity index is 737. The van der Waals surface area contributed by atoms with E-state index in [1.54, 1.807) is 11.0 Å². The molecule has 0 bridgehead atoms. The maximum atomic E-state index is 12.4. The van der Waals surface area contributed by atoms with E-state index in [9.17, 15) is 9.59 Å². The van der Waals surface area contributed by atoms with E-state index < -0.39 is 6.03 Å². The second-order valence-corrected chi connectivity index (χ2v) is 6.37. The first-order valence-electron chi connectivity index (χ1n) is 8.61. The summed E-state index contributed by atoms with van der Waals surface area (Å²) in [6.45, 7) is 4.81. The summed E-state index contributed by atoms with van der Waals surface area (Å²) in [5.41, 5.74) is 1.88. The molecule has 2 aromatic rings. The minimum atomic E-state index is -0.401. The molecule has 0 aliphatic heterocycles. The van der Waals surface area contributed by atoms with Gasteiger partial charge in [0, 0.05) is 18.1 Å². The van der Waals surface area contributed by atoms with Crippen molar-refractivity contribution in [1.29, 1.82) is 0 Å². The predicted molar refractivity (Wildman–Crippen MR) is 104 cm³/mol. The highest BCUT2D eigenvalue weighted by atomic mass is 35.5. The van der Waals surface area contributed by atoms with Crippen LogP contribution in [0.25, 0.3) is 0 Å². The molecule has 138 valence electrons. The van der Waals surface area contributed by atoms with Crippen LogP contribution in [0.4, 0.5) is 4.79 Å². The molecule has 26 heavy (non-hydrogen) atoms. The number of carbonyl (C=O) groups excluding carboxylic acids is 2. The van der Waals surface area contributed by atoms with Crippen LogP contribution in [0.1, 0.15) is 31.0 Å². The second-order valence-electron chi connectivity index (χ2n) is 5.96. The fourth-order valence-electron chi connectivity index (χ4n) is 2.60. The number of likely N-dealkylation sites (N-methyl/N-ethyl adjacent to an activating group) is 1. The van der Waals surface area contributed by atoms with Gasteiger partial charge in [0.15, 0.2) is 0 Å². The molecule has 0 aliphatic carbocycles. The Morgan fingerprint density at radius 3 is 2.38 bits per heavy atom. The molecule has 0 heterocycles. The van der Waals surface area contributed by atoms with Crippen molar-refractivity contribution in [2.45, 2.75) is 26.4 Å². The predicted octanol–water partition coefficient (Wildman–Crippen LogP) is 3.75. The number of hydrogen-bond donors (Lipinski definition) is 2. The molecule has 0 aliphatic rings. The number of hydrogen-bond acceptors (Lipinski definition) is 2. The second kappa shape index (κ2) is 9.82. The highest BCUT2D eigenvalue weighted by Gasteiger charge is 2.15. The van der Waals surface area contributed by atoms with Crippen LogP contribution in [0.5, 0.6) is 0 Å². The van der Waals surface area contributed by atoms with Crippen molar-refractivity contribution in [1.82, 2.24) is 15.5 Å². The van der Waals surface area contributed by atoms with Crippen molar-refractivity contribution in [2.75, 3.05) is 13.1 Å². The van der Waals surface area contributed by atoms with Gasteiger partial charge in [-0.25, -0.2) is 4.79 Å². The number of halogens is 1. The Kier molecular flexibility index (Phi) is 7.48. The first kappa shape index (κ1) is 19.8. The monoisotopic (exact) mass is 373 g/mol. The van der Waals surface area contributed by atoms with Gasteiger partial charge in [-0.2, -0.15) is 0 Å². The number of nitrogens with zero attached hydrogens (tertiary/aromatic N) is 1. The molecule has 2 N–H and O–H groups in total. The van der Waals surface area contributed by atoms with Crippen LogP contribution in [-0.4, -0.2) is 29.9 Å². The number of benzene rings is 2. The molecule has 6 heteroatoms. The van der Waals surface area contributed by atoms with Gasteiger partial charge < -0.3 is 15.5 Å². The zero-order chi connectivity index (χ0) is 18.9. The lowest BCUT2D eigenvalue weighted by Crippen LogP contribution is -2.44. The van der Waals surface area contributed by atoms with Crippen molar-refractivity contribution < 1.29 is 9.59 Å². The topological polar surface area (TPSA) is 61.4 Å². The average molecular weight is 374 g/mol. The summed E-state index contributed by atoms with van der Waals surface area (Å²) in [5.74, 6) is -0.128. The van der Waals surface area contributed by atoms with E-state index >= 15 is 0 Å². The number of urea groups is 1. The van der Waals surface area contributed by atoms with E-state index in [0.717, 1.165) is 11.1 Å². The van der Waals surface area contributed by atoms with Gasteiger partial charge in [0.2, 0.25) is 5.91 Å². The summed E-state index contributed by atoms with van der Waals surface area (Å²) < 4.78 is 0. The zero-order valence-corrected chi connectivity index (χ0v) is 15.8.